The van der Waals surface area contributed by atoms with E-state index in [1.54, 1.807) is 7.11 Å². The number of aromatic nitrogens is 4. The number of hydrogen-bond acceptors (Lipinski definition) is 4. The Hall–Kier alpha value is -3.80. The predicted octanol–water partition coefficient (Wildman–Crippen LogP) is 6.30. The summed E-state index contributed by atoms with van der Waals surface area (Å²) >= 11 is 0. The van der Waals surface area contributed by atoms with E-state index in [0.29, 0.717) is 6.54 Å². The SMILES string of the molecule is CCCCn1ccc2c(Nc3c(C)ccc4c3cnn4Cc3ccc(OC)cc3)nccc21. The van der Waals surface area contributed by atoms with Crippen LogP contribution in [0, 0.1) is 6.92 Å². The lowest BCUT2D eigenvalue weighted by Crippen LogP contribution is -2.02. The molecule has 0 aliphatic heterocycles. The van der Waals surface area contributed by atoms with Gasteiger partial charge in [-0.25, -0.2) is 4.98 Å². The molecule has 0 atom stereocenters. The Morgan fingerprint density at radius 3 is 2.61 bits per heavy atom. The van der Waals surface area contributed by atoms with Crippen LogP contribution < -0.4 is 10.1 Å². The van der Waals surface area contributed by atoms with Crippen LogP contribution in [0.2, 0.25) is 0 Å². The van der Waals surface area contributed by atoms with E-state index in [1.807, 2.05) is 29.2 Å². The summed E-state index contributed by atoms with van der Waals surface area (Å²) in [5.41, 5.74) is 5.69. The molecule has 0 fully saturated rings. The van der Waals surface area contributed by atoms with Crippen molar-refractivity contribution in [3.05, 3.63) is 78.2 Å². The van der Waals surface area contributed by atoms with Crippen molar-refractivity contribution in [3.63, 3.8) is 0 Å². The second kappa shape index (κ2) is 8.98. The molecule has 0 saturated carbocycles. The average Bonchev–Trinajstić information content (AvgIpc) is 3.45. The summed E-state index contributed by atoms with van der Waals surface area (Å²) in [6.07, 6.45) is 8.34. The molecular formula is C27H29N5O. The highest BCUT2D eigenvalue weighted by Crippen LogP contribution is 2.32. The standard InChI is InChI=1S/C27H29N5O/c1-4-5-15-31-16-13-22-24(31)12-14-28-27(22)30-26-19(2)6-11-25-23(26)17-29-32(25)18-20-7-9-21(33-3)10-8-20/h6-14,16-17H,4-5,15,18H2,1-3H3,(H,28,30). The molecule has 0 aliphatic carbocycles. The normalized spacial score (nSPS) is 11.4. The zero-order valence-electron chi connectivity index (χ0n) is 19.4. The molecule has 168 valence electrons. The molecule has 0 bridgehead atoms. The average molecular weight is 440 g/mol. The number of nitrogens with one attached hydrogen (secondary N) is 1. The van der Waals surface area contributed by atoms with Crippen LogP contribution in [0.3, 0.4) is 0 Å². The van der Waals surface area contributed by atoms with Crippen molar-refractivity contribution in [1.82, 2.24) is 19.3 Å². The van der Waals surface area contributed by atoms with Crippen molar-refractivity contribution < 1.29 is 4.74 Å². The second-order valence-electron chi connectivity index (χ2n) is 8.42. The minimum atomic E-state index is 0.699. The van der Waals surface area contributed by atoms with E-state index in [-0.39, 0.29) is 0 Å². The number of rotatable bonds is 8. The number of aryl methyl sites for hydroxylation is 2. The van der Waals surface area contributed by atoms with Gasteiger partial charge in [0.1, 0.15) is 11.6 Å². The molecule has 3 heterocycles. The van der Waals surface area contributed by atoms with Gasteiger partial charge in [-0.1, -0.05) is 31.5 Å². The fourth-order valence-electron chi connectivity index (χ4n) is 4.32. The van der Waals surface area contributed by atoms with Crippen LogP contribution in [0.5, 0.6) is 5.75 Å². The molecule has 0 saturated heterocycles. The van der Waals surface area contributed by atoms with Gasteiger partial charge in [-0.2, -0.15) is 5.10 Å². The number of fused-ring (bicyclic) bond motifs is 2. The van der Waals surface area contributed by atoms with Gasteiger partial charge < -0.3 is 14.6 Å². The Bertz CT molecular complexity index is 1400. The summed E-state index contributed by atoms with van der Waals surface area (Å²) in [6, 6.07) is 16.7. The van der Waals surface area contributed by atoms with Crippen LogP contribution in [-0.4, -0.2) is 26.4 Å². The molecule has 6 heteroatoms. The van der Waals surface area contributed by atoms with Crippen molar-refractivity contribution in [2.75, 3.05) is 12.4 Å². The largest absolute Gasteiger partial charge is 0.497 e. The summed E-state index contributed by atoms with van der Waals surface area (Å²) < 4.78 is 9.62. The van der Waals surface area contributed by atoms with Gasteiger partial charge in [0, 0.05) is 29.7 Å². The fraction of sp³-hybridized carbons (Fsp3) is 0.259. The quantitative estimate of drug-likeness (QED) is 0.308. The van der Waals surface area contributed by atoms with Crippen molar-refractivity contribution in [1.29, 1.82) is 0 Å². The minimum Gasteiger partial charge on any atom is -0.497 e. The summed E-state index contributed by atoms with van der Waals surface area (Å²) in [7, 11) is 1.68. The van der Waals surface area contributed by atoms with Crippen molar-refractivity contribution in [2.24, 2.45) is 0 Å². The van der Waals surface area contributed by atoms with E-state index < -0.39 is 0 Å². The summed E-state index contributed by atoms with van der Waals surface area (Å²) in [5, 5.41) is 10.5. The second-order valence-corrected chi connectivity index (χ2v) is 8.42. The van der Waals surface area contributed by atoms with Crippen LogP contribution in [-0.2, 0) is 13.1 Å². The molecule has 3 aromatic heterocycles. The number of methoxy groups -OCH3 is 1. The molecule has 5 rings (SSSR count). The predicted molar refractivity (Wildman–Crippen MR) is 134 cm³/mol. The van der Waals surface area contributed by atoms with Gasteiger partial charge in [-0.3, -0.25) is 4.68 Å². The zero-order chi connectivity index (χ0) is 22.8. The van der Waals surface area contributed by atoms with Crippen LogP contribution in [0.1, 0.15) is 30.9 Å². The van der Waals surface area contributed by atoms with E-state index in [9.17, 15) is 0 Å². The molecular weight excluding hydrogens is 410 g/mol. The van der Waals surface area contributed by atoms with Gasteiger partial charge >= 0.3 is 0 Å². The Kier molecular flexibility index (Phi) is 5.73. The maximum atomic E-state index is 5.27. The zero-order valence-corrected chi connectivity index (χ0v) is 19.4. The molecule has 33 heavy (non-hydrogen) atoms. The topological polar surface area (TPSA) is 56.9 Å². The van der Waals surface area contributed by atoms with Crippen LogP contribution in [0.4, 0.5) is 11.5 Å². The highest BCUT2D eigenvalue weighted by atomic mass is 16.5. The molecule has 0 radical (unpaired) electrons. The first-order valence-corrected chi connectivity index (χ1v) is 11.5. The molecule has 6 nitrogen and oxygen atoms in total. The van der Waals surface area contributed by atoms with E-state index in [1.165, 1.54) is 23.9 Å². The molecule has 0 amide bonds. The van der Waals surface area contributed by atoms with Gasteiger partial charge in [-0.05, 0) is 54.8 Å². The number of anilines is 2. The van der Waals surface area contributed by atoms with E-state index in [2.05, 4.69) is 71.3 Å². The summed E-state index contributed by atoms with van der Waals surface area (Å²) in [5.74, 6) is 1.73. The Morgan fingerprint density at radius 1 is 0.970 bits per heavy atom. The van der Waals surface area contributed by atoms with E-state index >= 15 is 0 Å². The van der Waals surface area contributed by atoms with E-state index in [0.717, 1.165) is 45.7 Å². The lowest BCUT2D eigenvalue weighted by Gasteiger charge is -2.13. The first-order chi connectivity index (χ1) is 16.2. The number of ether oxygens (including phenoxy) is 1. The van der Waals surface area contributed by atoms with Crippen molar-refractivity contribution in [3.8, 4) is 5.75 Å². The van der Waals surface area contributed by atoms with Gasteiger partial charge in [-0.15, -0.1) is 0 Å². The third kappa shape index (κ3) is 4.04. The van der Waals surface area contributed by atoms with Crippen LogP contribution in [0.25, 0.3) is 21.8 Å². The highest BCUT2D eigenvalue weighted by Gasteiger charge is 2.13. The number of pyridine rings is 1. The van der Waals surface area contributed by atoms with E-state index in [4.69, 9.17) is 9.84 Å². The Balaban J connectivity index is 1.49. The first kappa shape index (κ1) is 21.1. The van der Waals surface area contributed by atoms with Gasteiger partial charge in [0.05, 0.1) is 36.6 Å². The highest BCUT2D eigenvalue weighted by molar-refractivity contribution is 5.99. The molecule has 0 unspecified atom stereocenters. The fourth-order valence-corrected chi connectivity index (χ4v) is 4.32. The Labute approximate surface area is 193 Å². The molecule has 0 aliphatic rings. The van der Waals surface area contributed by atoms with Gasteiger partial charge in [0.25, 0.3) is 0 Å². The lowest BCUT2D eigenvalue weighted by atomic mass is 10.1. The smallest absolute Gasteiger partial charge is 0.139 e. The molecule has 0 spiro atoms. The minimum absolute atomic E-state index is 0.699. The molecule has 5 aromatic rings. The third-order valence-electron chi connectivity index (χ3n) is 6.22. The van der Waals surface area contributed by atoms with Crippen LogP contribution in [0.15, 0.2) is 67.1 Å². The molecule has 2 aromatic carbocycles. The summed E-state index contributed by atoms with van der Waals surface area (Å²) in [4.78, 5) is 4.67. The number of benzene rings is 2. The van der Waals surface area contributed by atoms with Gasteiger partial charge in [0.15, 0.2) is 0 Å². The lowest BCUT2D eigenvalue weighted by molar-refractivity contribution is 0.414. The maximum absolute atomic E-state index is 5.27. The Morgan fingerprint density at radius 2 is 1.82 bits per heavy atom. The number of unbranched alkanes of at least 4 members (excludes halogenated alkanes) is 1. The van der Waals surface area contributed by atoms with Gasteiger partial charge in [0.2, 0.25) is 0 Å². The monoisotopic (exact) mass is 439 g/mol. The van der Waals surface area contributed by atoms with Crippen molar-refractivity contribution >= 4 is 33.3 Å². The summed E-state index contributed by atoms with van der Waals surface area (Å²) in [6.45, 7) is 6.06. The van der Waals surface area contributed by atoms with Crippen LogP contribution >= 0.6 is 0 Å². The van der Waals surface area contributed by atoms with Crippen molar-refractivity contribution in [2.45, 2.75) is 39.8 Å². The number of nitrogens with zero attached hydrogens (tertiary/aromatic N) is 4. The molecule has 1 N–H and O–H groups in total. The maximum Gasteiger partial charge on any atom is 0.139 e. The number of hydrogen-bond donors (Lipinski definition) is 1. The first-order valence-electron chi connectivity index (χ1n) is 11.5. The third-order valence-corrected chi connectivity index (χ3v) is 6.22.